The van der Waals surface area contributed by atoms with E-state index in [0.717, 1.165) is 33.4 Å². The molecular formula is C45H38N4O4. The number of nitrogens with one attached hydrogen (secondary N) is 1. The number of hydrogen-bond acceptors (Lipinski definition) is 6. The molecule has 0 saturated heterocycles. The highest BCUT2D eigenvalue weighted by atomic mass is 16.6. The number of esters is 1. The molecule has 8 nitrogen and oxygen atoms in total. The second kappa shape index (κ2) is 15.3. The van der Waals surface area contributed by atoms with E-state index in [4.69, 9.17) is 4.74 Å². The highest BCUT2D eigenvalue weighted by Crippen LogP contribution is 2.43. The van der Waals surface area contributed by atoms with Gasteiger partial charge >= 0.3 is 11.9 Å². The van der Waals surface area contributed by atoms with Crippen LogP contribution in [-0.4, -0.2) is 33.6 Å². The molecule has 0 radical (unpaired) electrons. The Morgan fingerprint density at radius 2 is 0.981 bits per heavy atom. The van der Waals surface area contributed by atoms with Crippen molar-refractivity contribution in [1.82, 2.24) is 14.9 Å². The summed E-state index contributed by atoms with van der Waals surface area (Å²) in [6, 6.07) is 57.9. The normalized spacial score (nSPS) is 12.2. The minimum absolute atomic E-state index is 0.0107. The largest absolute Gasteiger partial charge is 0.468 e. The molecule has 7 aromatic rings. The van der Waals surface area contributed by atoms with Gasteiger partial charge in [-0.15, -0.1) is 0 Å². The van der Waals surface area contributed by atoms with E-state index in [-0.39, 0.29) is 12.4 Å². The van der Waals surface area contributed by atoms with Gasteiger partial charge in [-0.05, 0) is 21.6 Å². The number of ether oxygens (including phenoxy) is 1. The highest BCUT2D eigenvalue weighted by molar-refractivity contribution is 5.76. The molecule has 6 aromatic carbocycles. The number of nitrogens with zero attached hydrogens (tertiary/aromatic N) is 3. The van der Waals surface area contributed by atoms with E-state index >= 15 is 0 Å². The van der Waals surface area contributed by atoms with Crippen molar-refractivity contribution in [2.24, 2.45) is 0 Å². The van der Waals surface area contributed by atoms with Crippen LogP contribution in [0.4, 0.5) is 5.95 Å². The summed E-state index contributed by atoms with van der Waals surface area (Å²) in [5, 5.41) is 16.8. The fraction of sp³-hybridized carbons (Fsp3) is 0.111. The van der Waals surface area contributed by atoms with Gasteiger partial charge in [-0.1, -0.05) is 187 Å². The number of imidazole rings is 1. The van der Waals surface area contributed by atoms with Gasteiger partial charge in [-0.2, -0.15) is 0 Å². The Hall–Kier alpha value is -6.64. The molecule has 7 rings (SSSR count). The third-order valence-corrected chi connectivity index (χ3v) is 9.75. The number of rotatable bonds is 13. The Labute approximate surface area is 308 Å². The molecule has 0 fully saturated rings. The summed E-state index contributed by atoms with van der Waals surface area (Å²) in [5.74, 6) is -0.893. The number of aromatic nitrogens is 2. The molecular weight excluding hydrogens is 661 g/mol. The van der Waals surface area contributed by atoms with Crippen LogP contribution in [0.3, 0.4) is 0 Å². The average molecular weight is 699 g/mol. The van der Waals surface area contributed by atoms with Gasteiger partial charge in [0.1, 0.15) is 12.2 Å². The van der Waals surface area contributed by atoms with Crippen molar-refractivity contribution in [3.05, 3.63) is 237 Å². The van der Waals surface area contributed by atoms with Gasteiger partial charge in [-0.3, -0.25) is 10.1 Å². The van der Waals surface area contributed by atoms with E-state index in [1.54, 1.807) is 10.8 Å². The lowest BCUT2D eigenvalue weighted by molar-refractivity contribution is -0.397. The Bertz CT molecular complexity index is 2070. The predicted molar refractivity (Wildman–Crippen MR) is 205 cm³/mol. The molecule has 1 aromatic heterocycles. The van der Waals surface area contributed by atoms with Crippen molar-refractivity contribution in [3.8, 4) is 0 Å². The highest BCUT2D eigenvalue weighted by Gasteiger charge is 2.46. The Balaban J connectivity index is 1.43. The van der Waals surface area contributed by atoms with Gasteiger partial charge in [0.05, 0.1) is 12.6 Å². The van der Waals surface area contributed by atoms with Crippen LogP contribution in [0.2, 0.25) is 0 Å². The van der Waals surface area contributed by atoms with Gasteiger partial charge in [0.25, 0.3) is 0 Å². The molecule has 262 valence electrons. The second-order valence-corrected chi connectivity index (χ2v) is 12.7. The number of benzene rings is 6. The van der Waals surface area contributed by atoms with E-state index in [2.05, 4.69) is 10.3 Å². The van der Waals surface area contributed by atoms with Crippen molar-refractivity contribution >= 4 is 11.9 Å². The summed E-state index contributed by atoms with van der Waals surface area (Å²) in [6.07, 6.45) is 1.70. The summed E-state index contributed by atoms with van der Waals surface area (Å²) in [4.78, 5) is 31.2. The van der Waals surface area contributed by atoms with Crippen molar-refractivity contribution in [2.75, 3.05) is 7.11 Å². The van der Waals surface area contributed by atoms with Gasteiger partial charge < -0.3 is 14.9 Å². The zero-order valence-electron chi connectivity index (χ0n) is 29.2. The molecule has 0 saturated carbocycles. The smallest absolute Gasteiger partial charge is 0.436 e. The van der Waals surface area contributed by atoms with Crippen LogP contribution in [-0.2, 0) is 27.0 Å². The van der Waals surface area contributed by atoms with Gasteiger partial charge in [0.2, 0.25) is 0 Å². The number of carbonyl (C=O) groups excluding carboxylic acids is 1. The Kier molecular flexibility index (Phi) is 10.0. The van der Waals surface area contributed by atoms with Crippen LogP contribution in [0.1, 0.15) is 39.1 Å². The number of carbonyl (C=O) groups is 1. The lowest BCUT2D eigenvalue weighted by Crippen LogP contribution is -2.53. The first-order valence-corrected chi connectivity index (χ1v) is 17.4. The number of methoxy groups -OCH3 is 1. The molecule has 1 unspecified atom stereocenters. The molecule has 53 heavy (non-hydrogen) atoms. The zero-order chi connectivity index (χ0) is 36.7. The SMILES string of the molecule is COC(=O)C(Cc1cn(C(c2ccccc2)(c2ccccc2)c2ccccc2)c([N+](=O)[O-])n1)NC(c1ccccc1)(c1ccccc1)c1ccccc1. The fourth-order valence-electron chi connectivity index (χ4n) is 7.47. The number of hydrogen-bond donors (Lipinski definition) is 1. The third-order valence-electron chi connectivity index (χ3n) is 9.75. The van der Waals surface area contributed by atoms with Gasteiger partial charge in [0.15, 0.2) is 11.2 Å². The third kappa shape index (κ3) is 6.52. The van der Waals surface area contributed by atoms with E-state index in [1.165, 1.54) is 7.11 Å². The molecule has 0 aliphatic rings. The molecule has 0 bridgehead atoms. The first-order valence-electron chi connectivity index (χ1n) is 17.4. The van der Waals surface area contributed by atoms with E-state index in [0.29, 0.717) is 5.69 Å². The molecule has 0 aliphatic carbocycles. The minimum Gasteiger partial charge on any atom is -0.468 e. The maximum Gasteiger partial charge on any atom is 0.436 e. The predicted octanol–water partition coefficient (Wildman–Crippen LogP) is 8.30. The van der Waals surface area contributed by atoms with Crippen LogP contribution in [0.5, 0.6) is 0 Å². The molecule has 0 amide bonds. The molecule has 8 heteroatoms. The van der Waals surface area contributed by atoms with Crippen molar-refractivity contribution < 1.29 is 14.5 Å². The molecule has 1 atom stereocenters. The van der Waals surface area contributed by atoms with E-state index in [9.17, 15) is 14.9 Å². The van der Waals surface area contributed by atoms with Gasteiger partial charge in [0, 0.05) is 23.1 Å². The second-order valence-electron chi connectivity index (χ2n) is 12.7. The van der Waals surface area contributed by atoms with Crippen LogP contribution < -0.4 is 5.32 Å². The zero-order valence-corrected chi connectivity index (χ0v) is 29.2. The summed E-state index contributed by atoms with van der Waals surface area (Å²) in [5.41, 5.74) is 3.27. The summed E-state index contributed by atoms with van der Waals surface area (Å²) >= 11 is 0. The monoisotopic (exact) mass is 698 g/mol. The van der Waals surface area contributed by atoms with E-state index in [1.807, 2.05) is 182 Å². The Morgan fingerprint density at radius 1 is 0.642 bits per heavy atom. The standard InChI is InChI=1S/C45H38N4O4/c1-53-42(50)41(47-44(34-20-8-2-9-21-34,35-22-10-3-11-23-35)36-24-12-4-13-25-36)32-40-33-48(43(46-40)49(51)52)45(37-26-14-5-15-27-37,38-28-16-6-17-29-38)39-30-18-7-19-31-39/h2-31,33,41,47H,32H2,1H3. The van der Waals surface area contributed by atoms with Crippen LogP contribution in [0.25, 0.3) is 0 Å². The number of nitro groups is 1. The minimum atomic E-state index is -1.19. The summed E-state index contributed by atoms with van der Waals surface area (Å²) in [6.45, 7) is 0. The molecule has 1 heterocycles. The summed E-state index contributed by atoms with van der Waals surface area (Å²) < 4.78 is 7.06. The van der Waals surface area contributed by atoms with Crippen LogP contribution in [0, 0.1) is 10.1 Å². The average Bonchev–Trinajstić information content (AvgIpc) is 3.66. The molecule has 1 N–H and O–H groups in total. The molecule has 0 aliphatic heterocycles. The van der Waals surface area contributed by atoms with Crippen LogP contribution >= 0.6 is 0 Å². The maximum absolute atomic E-state index is 13.9. The lowest BCUT2D eigenvalue weighted by Gasteiger charge is -2.39. The van der Waals surface area contributed by atoms with Gasteiger partial charge in [-0.25, -0.2) is 4.57 Å². The lowest BCUT2D eigenvalue weighted by atomic mass is 9.76. The fourth-order valence-corrected chi connectivity index (χ4v) is 7.47. The quantitative estimate of drug-likeness (QED) is 0.0563. The van der Waals surface area contributed by atoms with E-state index < -0.39 is 28.0 Å². The van der Waals surface area contributed by atoms with Crippen molar-refractivity contribution in [2.45, 2.75) is 23.5 Å². The summed E-state index contributed by atoms with van der Waals surface area (Å²) in [7, 11) is 1.35. The Morgan fingerprint density at radius 3 is 1.30 bits per heavy atom. The van der Waals surface area contributed by atoms with Crippen molar-refractivity contribution in [3.63, 3.8) is 0 Å². The molecule has 0 spiro atoms. The van der Waals surface area contributed by atoms with Crippen molar-refractivity contribution in [1.29, 1.82) is 0 Å². The first kappa shape index (κ1) is 34.8. The maximum atomic E-state index is 13.9. The first-order chi connectivity index (χ1) is 26.0. The topological polar surface area (TPSA) is 99.3 Å². The van der Waals surface area contributed by atoms with Crippen LogP contribution in [0.15, 0.2) is 188 Å².